The standard InChI is InChI=1S/C13H15F3N2O2/c1-8-4-6-18(7-5-8)10-3-2-9(12(19)20)11(17-10)13(14,15)16/h2-3,8H,4-7H2,1H3,(H,19,20)/p-1. The largest absolute Gasteiger partial charge is 0.545 e. The lowest BCUT2D eigenvalue weighted by atomic mass is 9.99. The third-order valence-corrected chi connectivity index (χ3v) is 3.48. The van der Waals surface area contributed by atoms with Crippen molar-refractivity contribution >= 4 is 11.8 Å². The van der Waals surface area contributed by atoms with Crippen molar-refractivity contribution in [3.05, 3.63) is 23.4 Å². The highest BCUT2D eigenvalue weighted by Crippen LogP contribution is 2.32. The first-order valence-electron chi connectivity index (χ1n) is 6.33. The molecule has 0 amide bonds. The molecule has 1 saturated heterocycles. The average Bonchev–Trinajstić information content (AvgIpc) is 2.38. The van der Waals surface area contributed by atoms with E-state index in [1.54, 1.807) is 4.90 Å². The van der Waals surface area contributed by atoms with E-state index in [-0.39, 0.29) is 5.82 Å². The highest BCUT2D eigenvalue weighted by atomic mass is 19.4. The fourth-order valence-corrected chi connectivity index (χ4v) is 2.24. The van der Waals surface area contributed by atoms with E-state index in [1.807, 2.05) is 0 Å². The van der Waals surface area contributed by atoms with Gasteiger partial charge in [0.25, 0.3) is 0 Å². The lowest BCUT2D eigenvalue weighted by molar-refractivity contribution is -0.255. The number of aromatic nitrogens is 1. The van der Waals surface area contributed by atoms with Gasteiger partial charge in [-0.15, -0.1) is 0 Å². The van der Waals surface area contributed by atoms with Crippen LogP contribution in [0.25, 0.3) is 0 Å². The number of alkyl halides is 3. The minimum absolute atomic E-state index is 0.161. The fraction of sp³-hybridized carbons (Fsp3) is 0.538. The Morgan fingerprint density at radius 1 is 1.35 bits per heavy atom. The first-order chi connectivity index (χ1) is 9.29. The molecule has 4 nitrogen and oxygen atoms in total. The molecule has 0 saturated carbocycles. The summed E-state index contributed by atoms with van der Waals surface area (Å²) >= 11 is 0. The number of carbonyl (C=O) groups excluding carboxylic acids is 1. The van der Waals surface area contributed by atoms with Crippen molar-refractivity contribution in [1.29, 1.82) is 0 Å². The van der Waals surface area contributed by atoms with Crippen LogP contribution in [0.3, 0.4) is 0 Å². The van der Waals surface area contributed by atoms with Gasteiger partial charge < -0.3 is 14.8 Å². The summed E-state index contributed by atoms with van der Waals surface area (Å²) in [5.74, 6) is -1.17. The van der Waals surface area contributed by atoms with Gasteiger partial charge in [0, 0.05) is 18.7 Å². The van der Waals surface area contributed by atoms with Gasteiger partial charge in [0.2, 0.25) is 0 Å². The smallest absolute Gasteiger partial charge is 0.434 e. The van der Waals surface area contributed by atoms with Crippen LogP contribution in [0.4, 0.5) is 19.0 Å². The van der Waals surface area contributed by atoms with Crippen molar-refractivity contribution in [3.63, 3.8) is 0 Å². The second-order valence-corrected chi connectivity index (χ2v) is 5.02. The van der Waals surface area contributed by atoms with Gasteiger partial charge in [-0.25, -0.2) is 4.98 Å². The van der Waals surface area contributed by atoms with Gasteiger partial charge in [0.15, 0.2) is 5.69 Å². The van der Waals surface area contributed by atoms with Crippen LogP contribution in [0.5, 0.6) is 0 Å². The molecule has 0 atom stereocenters. The van der Waals surface area contributed by atoms with Gasteiger partial charge >= 0.3 is 6.18 Å². The minimum atomic E-state index is -4.81. The summed E-state index contributed by atoms with van der Waals surface area (Å²) in [5, 5.41) is 10.7. The molecule has 1 aliphatic heterocycles. The average molecular weight is 287 g/mol. The number of halogens is 3. The quantitative estimate of drug-likeness (QED) is 0.830. The summed E-state index contributed by atoms with van der Waals surface area (Å²) in [6.07, 6.45) is -3.05. The second kappa shape index (κ2) is 5.30. The summed E-state index contributed by atoms with van der Waals surface area (Å²) in [5.41, 5.74) is -2.32. The third-order valence-electron chi connectivity index (χ3n) is 3.48. The van der Waals surface area contributed by atoms with E-state index in [0.717, 1.165) is 18.9 Å². The molecule has 2 heterocycles. The highest BCUT2D eigenvalue weighted by molar-refractivity contribution is 5.87. The van der Waals surface area contributed by atoms with Gasteiger partial charge in [0.1, 0.15) is 5.82 Å². The maximum atomic E-state index is 12.8. The Kier molecular flexibility index (Phi) is 3.87. The zero-order valence-corrected chi connectivity index (χ0v) is 10.9. The van der Waals surface area contributed by atoms with Crippen LogP contribution >= 0.6 is 0 Å². The highest BCUT2D eigenvalue weighted by Gasteiger charge is 2.36. The van der Waals surface area contributed by atoms with Gasteiger partial charge in [-0.1, -0.05) is 6.92 Å². The third kappa shape index (κ3) is 3.02. The maximum Gasteiger partial charge on any atom is 0.434 e. The zero-order valence-electron chi connectivity index (χ0n) is 10.9. The molecule has 0 radical (unpaired) electrons. The van der Waals surface area contributed by atoms with Crippen LogP contribution in [0.2, 0.25) is 0 Å². The molecule has 7 heteroatoms. The van der Waals surface area contributed by atoms with Crippen molar-refractivity contribution in [3.8, 4) is 0 Å². The Morgan fingerprint density at radius 3 is 2.45 bits per heavy atom. The molecule has 0 aliphatic carbocycles. The molecular weight excluding hydrogens is 273 g/mol. The normalized spacial score (nSPS) is 17.3. The van der Waals surface area contributed by atoms with E-state index in [9.17, 15) is 23.1 Å². The van der Waals surface area contributed by atoms with Gasteiger partial charge in [-0.2, -0.15) is 13.2 Å². The number of pyridine rings is 1. The SMILES string of the molecule is CC1CCN(c2ccc(C(=O)[O-])c(C(F)(F)F)n2)CC1. The molecule has 1 fully saturated rings. The summed E-state index contributed by atoms with van der Waals surface area (Å²) in [4.78, 5) is 16.0. The van der Waals surface area contributed by atoms with Crippen molar-refractivity contribution in [1.82, 2.24) is 4.98 Å². The number of piperidine rings is 1. The van der Waals surface area contributed by atoms with Crippen molar-refractivity contribution < 1.29 is 23.1 Å². The molecule has 0 unspecified atom stereocenters. The number of hydrogen-bond donors (Lipinski definition) is 0. The predicted molar refractivity (Wildman–Crippen MR) is 64.2 cm³/mol. The van der Waals surface area contributed by atoms with E-state index < -0.39 is 23.4 Å². The minimum Gasteiger partial charge on any atom is -0.545 e. The van der Waals surface area contributed by atoms with Gasteiger partial charge in [-0.05, 0) is 30.9 Å². The number of carbonyl (C=O) groups is 1. The van der Waals surface area contributed by atoms with Crippen molar-refractivity contribution in [2.24, 2.45) is 5.92 Å². The second-order valence-electron chi connectivity index (χ2n) is 5.02. The molecular formula is C13H14F3N2O2-. The Morgan fingerprint density at radius 2 is 1.95 bits per heavy atom. The number of carboxylic acids is 1. The Bertz CT molecular complexity index is 509. The summed E-state index contributed by atoms with van der Waals surface area (Å²) in [6, 6.07) is 2.22. The molecule has 110 valence electrons. The van der Waals surface area contributed by atoms with Gasteiger partial charge in [0.05, 0.1) is 5.97 Å². The Balaban J connectivity index is 2.35. The van der Waals surface area contributed by atoms with Crippen LogP contribution in [0.1, 0.15) is 35.8 Å². The van der Waals surface area contributed by atoms with E-state index in [4.69, 9.17) is 0 Å². The first kappa shape index (κ1) is 14.6. The van der Waals surface area contributed by atoms with Crippen LogP contribution in [-0.4, -0.2) is 24.0 Å². The van der Waals surface area contributed by atoms with E-state index >= 15 is 0 Å². The number of aromatic carboxylic acids is 1. The predicted octanol–water partition coefficient (Wildman–Crippen LogP) is 1.70. The molecule has 0 bridgehead atoms. The lowest BCUT2D eigenvalue weighted by Crippen LogP contribution is -2.34. The molecule has 1 aliphatic rings. The number of nitrogens with zero attached hydrogens (tertiary/aromatic N) is 2. The van der Waals surface area contributed by atoms with E-state index in [2.05, 4.69) is 11.9 Å². The molecule has 1 aromatic rings. The first-order valence-corrected chi connectivity index (χ1v) is 6.33. The number of rotatable bonds is 2. The summed E-state index contributed by atoms with van der Waals surface area (Å²) < 4.78 is 38.5. The molecule has 2 rings (SSSR count). The molecule has 0 spiro atoms. The summed E-state index contributed by atoms with van der Waals surface area (Å²) in [6.45, 7) is 3.33. The number of carboxylic acid groups (broad SMARTS) is 1. The molecule has 0 N–H and O–H groups in total. The van der Waals surface area contributed by atoms with E-state index in [1.165, 1.54) is 6.07 Å². The summed E-state index contributed by atoms with van der Waals surface area (Å²) in [7, 11) is 0. The molecule has 20 heavy (non-hydrogen) atoms. The number of anilines is 1. The fourth-order valence-electron chi connectivity index (χ4n) is 2.24. The molecule has 0 aromatic carbocycles. The van der Waals surface area contributed by atoms with Crippen LogP contribution in [0.15, 0.2) is 12.1 Å². The van der Waals surface area contributed by atoms with Gasteiger partial charge in [-0.3, -0.25) is 0 Å². The van der Waals surface area contributed by atoms with Crippen molar-refractivity contribution in [2.45, 2.75) is 25.9 Å². The lowest BCUT2D eigenvalue weighted by Gasteiger charge is -2.31. The van der Waals surface area contributed by atoms with Crippen LogP contribution in [0, 0.1) is 5.92 Å². The van der Waals surface area contributed by atoms with Crippen LogP contribution < -0.4 is 10.0 Å². The Hall–Kier alpha value is -1.79. The monoisotopic (exact) mass is 287 g/mol. The zero-order chi connectivity index (χ0) is 14.9. The Labute approximate surface area is 114 Å². The van der Waals surface area contributed by atoms with Crippen molar-refractivity contribution in [2.75, 3.05) is 18.0 Å². The van der Waals surface area contributed by atoms with E-state index in [0.29, 0.717) is 19.0 Å². The topological polar surface area (TPSA) is 56.3 Å². The maximum absolute atomic E-state index is 12.8. The molecule has 1 aromatic heterocycles. The van der Waals surface area contributed by atoms with Crippen LogP contribution in [-0.2, 0) is 6.18 Å². The number of hydrogen-bond acceptors (Lipinski definition) is 4.